The predicted octanol–water partition coefficient (Wildman–Crippen LogP) is 1.46. The molecule has 2 rings (SSSR count). The molecule has 6 heteroatoms. The van der Waals surface area contributed by atoms with Crippen LogP contribution in [0.2, 0.25) is 0 Å². The van der Waals surface area contributed by atoms with E-state index in [1.165, 1.54) is 16.7 Å². The van der Waals surface area contributed by atoms with E-state index in [0.29, 0.717) is 24.3 Å². The second-order valence-electron chi connectivity index (χ2n) is 4.59. The van der Waals surface area contributed by atoms with Crippen LogP contribution in [-0.2, 0) is 4.79 Å². The Labute approximate surface area is 121 Å². The maximum absolute atomic E-state index is 12.3. The molecule has 0 spiro atoms. The minimum Gasteiger partial charge on any atom is -0.480 e. The van der Waals surface area contributed by atoms with Crippen molar-refractivity contribution in [3.63, 3.8) is 0 Å². The van der Waals surface area contributed by atoms with E-state index in [-0.39, 0.29) is 12.5 Å². The Hall–Kier alpha value is -1.53. The van der Waals surface area contributed by atoms with Crippen molar-refractivity contribution in [1.29, 1.82) is 0 Å². The van der Waals surface area contributed by atoms with E-state index in [1.807, 2.05) is 12.1 Å². The molecular weight excluding hydrogens is 278 g/mol. The number of hydrogen-bond acceptors (Lipinski definition) is 4. The minimum atomic E-state index is -0.939. The van der Waals surface area contributed by atoms with Crippen molar-refractivity contribution in [2.45, 2.75) is 23.8 Å². The maximum Gasteiger partial charge on any atom is 0.326 e. The molecule has 1 aliphatic rings. The van der Waals surface area contributed by atoms with E-state index in [9.17, 15) is 9.59 Å². The van der Waals surface area contributed by atoms with Crippen LogP contribution in [-0.4, -0.2) is 51.9 Å². The molecule has 1 fully saturated rings. The van der Waals surface area contributed by atoms with Gasteiger partial charge in [0, 0.05) is 22.8 Å². The van der Waals surface area contributed by atoms with Gasteiger partial charge < -0.3 is 15.1 Å². The minimum absolute atomic E-state index is 0.111. The van der Waals surface area contributed by atoms with Gasteiger partial charge in [-0.1, -0.05) is 0 Å². The van der Waals surface area contributed by atoms with Crippen molar-refractivity contribution in [1.82, 2.24) is 4.90 Å². The summed E-state index contributed by atoms with van der Waals surface area (Å²) < 4.78 is 0. The average molecular weight is 295 g/mol. The number of carboxylic acid groups (broad SMARTS) is 1. The molecule has 1 atom stereocenters. The molecule has 1 amide bonds. The number of aliphatic hydroxyl groups is 1. The monoisotopic (exact) mass is 295 g/mol. The van der Waals surface area contributed by atoms with Gasteiger partial charge in [0.05, 0.1) is 6.61 Å². The summed E-state index contributed by atoms with van der Waals surface area (Å²) in [6.07, 6.45) is 1.25. The van der Waals surface area contributed by atoms with E-state index in [1.54, 1.807) is 12.1 Å². The largest absolute Gasteiger partial charge is 0.480 e. The van der Waals surface area contributed by atoms with Crippen LogP contribution in [0.3, 0.4) is 0 Å². The Morgan fingerprint density at radius 2 is 2.00 bits per heavy atom. The second kappa shape index (κ2) is 6.76. The van der Waals surface area contributed by atoms with Crippen LogP contribution in [0.25, 0.3) is 0 Å². The van der Waals surface area contributed by atoms with E-state index in [4.69, 9.17) is 10.2 Å². The smallest absolute Gasteiger partial charge is 0.326 e. The first-order valence-electron chi connectivity index (χ1n) is 6.51. The van der Waals surface area contributed by atoms with E-state index in [0.717, 1.165) is 11.3 Å². The number of likely N-dealkylation sites (tertiary alicyclic amines) is 1. The van der Waals surface area contributed by atoms with Crippen LogP contribution in [0.15, 0.2) is 29.2 Å². The molecule has 1 heterocycles. The molecule has 5 nitrogen and oxygen atoms in total. The van der Waals surface area contributed by atoms with Crippen LogP contribution in [0.4, 0.5) is 0 Å². The Morgan fingerprint density at radius 1 is 1.30 bits per heavy atom. The summed E-state index contributed by atoms with van der Waals surface area (Å²) in [7, 11) is 0. The number of hydrogen-bond donors (Lipinski definition) is 2. The molecular formula is C14H17NO4S. The summed E-state index contributed by atoms with van der Waals surface area (Å²) in [5.41, 5.74) is 0.506. The Morgan fingerprint density at radius 3 is 2.60 bits per heavy atom. The van der Waals surface area contributed by atoms with Crippen molar-refractivity contribution in [3.8, 4) is 0 Å². The second-order valence-corrected chi connectivity index (χ2v) is 5.76. The molecule has 0 aliphatic carbocycles. The number of aliphatic hydroxyl groups excluding tert-OH is 1. The van der Waals surface area contributed by atoms with E-state index < -0.39 is 12.0 Å². The van der Waals surface area contributed by atoms with E-state index >= 15 is 0 Å². The summed E-state index contributed by atoms with van der Waals surface area (Å²) in [5.74, 6) is -0.555. The lowest BCUT2D eigenvalue weighted by molar-refractivity contribution is -0.141. The van der Waals surface area contributed by atoms with Gasteiger partial charge in [0.15, 0.2) is 0 Å². The standard InChI is InChI=1S/C14H17NO4S/c16-8-9-20-11-5-3-10(4-6-11)13(17)15-7-1-2-12(15)14(18)19/h3-6,12,16H,1-2,7-9H2,(H,18,19)/t12-/m0/s1. The van der Waals surface area contributed by atoms with Gasteiger partial charge in [0.25, 0.3) is 5.91 Å². The van der Waals surface area contributed by atoms with Gasteiger partial charge in [-0.2, -0.15) is 0 Å². The highest BCUT2D eigenvalue weighted by molar-refractivity contribution is 7.99. The third-order valence-corrected chi connectivity index (χ3v) is 4.25. The SMILES string of the molecule is O=C(O)[C@@H]1CCCN1C(=O)c1ccc(SCCO)cc1. The van der Waals surface area contributed by atoms with Gasteiger partial charge in [-0.25, -0.2) is 4.79 Å². The Balaban J connectivity index is 2.07. The molecule has 108 valence electrons. The molecule has 0 radical (unpaired) electrons. The van der Waals surface area contributed by atoms with Crippen LogP contribution in [0.5, 0.6) is 0 Å². The highest BCUT2D eigenvalue weighted by Crippen LogP contribution is 2.22. The molecule has 1 saturated heterocycles. The zero-order valence-electron chi connectivity index (χ0n) is 11.0. The number of carbonyl (C=O) groups is 2. The summed E-state index contributed by atoms with van der Waals surface area (Å²) in [6.45, 7) is 0.607. The van der Waals surface area contributed by atoms with Crippen LogP contribution < -0.4 is 0 Å². The highest BCUT2D eigenvalue weighted by Gasteiger charge is 2.34. The van der Waals surface area contributed by atoms with Crippen LogP contribution >= 0.6 is 11.8 Å². The third-order valence-electron chi connectivity index (χ3n) is 3.26. The third kappa shape index (κ3) is 3.32. The van der Waals surface area contributed by atoms with Crippen molar-refractivity contribution >= 4 is 23.6 Å². The molecule has 0 unspecified atom stereocenters. The number of carbonyl (C=O) groups excluding carboxylic acids is 1. The normalized spacial score (nSPS) is 18.2. The van der Waals surface area contributed by atoms with Gasteiger partial charge in [0.1, 0.15) is 6.04 Å². The topological polar surface area (TPSA) is 77.8 Å². The molecule has 1 aromatic carbocycles. The molecule has 0 bridgehead atoms. The fourth-order valence-corrected chi connectivity index (χ4v) is 2.95. The summed E-state index contributed by atoms with van der Waals surface area (Å²) in [6, 6.07) is 6.35. The number of carboxylic acids is 1. The molecule has 0 saturated carbocycles. The fourth-order valence-electron chi connectivity index (χ4n) is 2.29. The first-order chi connectivity index (χ1) is 9.63. The number of nitrogens with zero attached hydrogens (tertiary/aromatic N) is 1. The predicted molar refractivity (Wildman–Crippen MR) is 75.9 cm³/mol. The van der Waals surface area contributed by atoms with Gasteiger partial charge >= 0.3 is 5.97 Å². The zero-order valence-corrected chi connectivity index (χ0v) is 11.8. The lowest BCUT2D eigenvalue weighted by atomic mass is 10.1. The molecule has 2 N–H and O–H groups in total. The number of rotatable bonds is 5. The lowest BCUT2D eigenvalue weighted by Gasteiger charge is -2.21. The highest BCUT2D eigenvalue weighted by atomic mass is 32.2. The summed E-state index contributed by atoms with van der Waals surface area (Å²) in [5, 5.41) is 17.9. The summed E-state index contributed by atoms with van der Waals surface area (Å²) in [4.78, 5) is 25.8. The Bertz CT molecular complexity index is 488. The van der Waals surface area contributed by atoms with Crippen LogP contribution in [0.1, 0.15) is 23.2 Å². The number of benzene rings is 1. The van der Waals surface area contributed by atoms with Crippen molar-refractivity contribution in [2.75, 3.05) is 18.9 Å². The number of amides is 1. The lowest BCUT2D eigenvalue weighted by Crippen LogP contribution is -2.40. The maximum atomic E-state index is 12.3. The quantitative estimate of drug-likeness (QED) is 0.804. The first kappa shape index (κ1) is 14.9. The van der Waals surface area contributed by atoms with Crippen molar-refractivity contribution in [3.05, 3.63) is 29.8 Å². The molecule has 1 aliphatic heterocycles. The van der Waals surface area contributed by atoms with Gasteiger partial charge in [-0.05, 0) is 37.1 Å². The first-order valence-corrected chi connectivity index (χ1v) is 7.49. The van der Waals surface area contributed by atoms with Gasteiger partial charge in [-0.3, -0.25) is 4.79 Å². The molecule has 1 aromatic rings. The average Bonchev–Trinajstić information content (AvgIpc) is 2.94. The van der Waals surface area contributed by atoms with Gasteiger partial charge in [-0.15, -0.1) is 11.8 Å². The molecule has 0 aromatic heterocycles. The number of thioether (sulfide) groups is 1. The summed E-state index contributed by atoms with van der Waals surface area (Å²) >= 11 is 1.51. The van der Waals surface area contributed by atoms with Crippen molar-refractivity contribution in [2.24, 2.45) is 0 Å². The Kier molecular flexibility index (Phi) is 5.03. The fraction of sp³-hybridized carbons (Fsp3) is 0.429. The molecule has 20 heavy (non-hydrogen) atoms. The zero-order chi connectivity index (χ0) is 14.5. The van der Waals surface area contributed by atoms with Gasteiger partial charge in [0.2, 0.25) is 0 Å². The van der Waals surface area contributed by atoms with E-state index in [2.05, 4.69) is 0 Å². The number of aliphatic carboxylic acids is 1. The van der Waals surface area contributed by atoms with Crippen molar-refractivity contribution < 1.29 is 19.8 Å². The van der Waals surface area contributed by atoms with Crippen LogP contribution in [0, 0.1) is 0 Å².